The van der Waals surface area contributed by atoms with Crippen molar-refractivity contribution >= 4 is 10.8 Å². The van der Waals surface area contributed by atoms with Gasteiger partial charge in [-0.2, -0.15) is 0 Å². The van der Waals surface area contributed by atoms with Gasteiger partial charge in [0.15, 0.2) is 0 Å². The third-order valence-electron chi connectivity index (χ3n) is 7.90. The summed E-state index contributed by atoms with van der Waals surface area (Å²) in [6.45, 7) is 4.35. The first kappa shape index (κ1) is 24.0. The molecule has 0 aromatic heterocycles. The van der Waals surface area contributed by atoms with E-state index in [1.807, 2.05) is 36.4 Å². The third kappa shape index (κ3) is 6.46. The Balaban J connectivity index is 1.29. The Morgan fingerprint density at radius 3 is 2.18 bits per heavy atom. The van der Waals surface area contributed by atoms with Crippen LogP contribution in [0.3, 0.4) is 0 Å². The molecule has 33 heavy (non-hydrogen) atoms. The molecule has 0 N–H and O–H groups in total. The highest BCUT2D eigenvalue weighted by Crippen LogP contribution is 2.35. The summed E-state index contributed by atoms with van der Waals surface area (Å²) in [5.74, 6) is 1.75. The smallest absolute Gasteiger partial charge is 0.138 e. The maximum absolute atomic E-state index is 15.3. The number of hydrogen-bond donors (Lipinski definition) is 0. The standard InChI is InChI=1S/C32H41F/c1-3-4-5-6-7-8-25-11-13-26(14-12-25)15-16-27-17-21-31-29(23-27)20-22-30(32(31)33)28-18-9-24(2)10-19-28/h9-10,17-23,25-26H,3-8,11-16H2,1-2H3. The van der Waals surface area contributed by atoms with E-state index in [0.29, 0.717) is 5.56 Å². The van der Waals surface area contributed by atoms with Gasteiger partial charge in [-0.3, -0.25) is 0 Å². The van der Waals surface area contributed by atoms with Crippen molar-refractivity contribution in [1.29, 1.82) is 0 Å². The molecule has 0 radical (unpaired) electrons. The number of aryl methyl sites for hydroxylation is 2. The molecule has 1 fully saturated rings. The van der Waals surface area contributed by atoms with E-state index in [-0.39, 0.29) is 5.82 Å². The largest absolute Gasteiger partial charge is 0.206 e. The van der Waals surface area contributed by atoms with Crippen molar-refractivity contribution < 1.29 is 4.39 Å². The summed E-state index contributed by atoms with van der Waals surface area (Å²) in [4.78, 5) is 0. The Morgan fingerprint density at radius 1 is 0.758 bits per heavy atom. The van der Waals surface area contributed by atoms with Crippen LogP contribution in [0.1, 0.15) is 88.7 Å². The summed E-state index contributed by atoms with van der Waals surface area (Å²) in [6.07, 6.45) is 16.6. The summed E-state index contributed by atoms with van der Waals surface area (Å²) >= 11 is 0. The molecule has 176 valence electrons. The van der Waals surface area contributed by atoms with Crippen LogP contribution in [-0.2, 0) is 6.42 Å². The predicted molar refractivity (Wildman–Crippen MR) is 141 cm³/mol. The van der Waals surface area contributed by atoms with Crippen molar-refractivity contribution in [1.82, 2.24) is 0 Å². The number of halogens is 1. The van der Waals surface area contributed by atoms with Gasteiger partial charge in [0.1, 0.15) is 5.82 Å². The Hall–Kier alpha value is -2.15. The first-order valence-corrected chi connectivity index (χ1v) is 13.4. The zero-order valence-corrected chi connectivity index (χ0v) is 20.7. The van der Waals surface area contributed by atoms with Crippen LogP contribution in [-0.4, -0.2) is 0 Å². The van der Waals surface area contributed by atoms with Gasteiger partial charge in [0, 0.05) is 10.9 Å². The fraction of sp³-hybridized carbons (Fsp3) is 0.500. The Bertz CT molecular complexity index is 1010. The molecule has 0 aliphatic heterocycles. The lowest BCUT2D eigenvalue weighted by Crippen LogP contribution is -2.15. The maximum atomic E-state index is 15.3. The van der Waals surface area contributed by atoms with Gasteiger partial charge < -0.3 is 0 Å². The minimum Gasteiger partial charge on any atom is -0.206 e. The molecule has 0 amide bonds. The van der Waals surface area contributed by atoms with Crippen LogP contribution < -0.4 is 0 Å². The second-order valence-electron chi connectivity index (χ2n) is 10.5. The molecule has 0 unspecified atom stereocenters. The quantitative estimate of drug-likeness (QED) is 0.273. The molecule has 3 aromatic rings. The van der Waals surface area contributed by atoms with Crippen molar-refractivity contribution in [2.24, 2.45) is 11.8 Å². The Kier molecular flexibility index (Phi) is 8.59. The fourth-order valence-electron chi connectivity index (χ4n) is 5.67. The van der Waals surface area contributed by atoms with Gasteiger partial charge in [0.25, 0.3) is 0 Å². The summed E-state index contributed by atoms with van der Waals surface area (Å²) in [5.41, 5.74) is 4.18. The zero-order chi connectivity index (χ0) is 23.0. The first-order valence-electron chi connectivity index (χ1n) is 13.4. The van der Waals surface area contributed by atoms with E-state index in [9.17, 15) is 0 Å². The minimum absolute atomic E-state index is 0.101. The first-order chi connectivity index (χ1) is 16.1. The van der Waals surface area contributed by atoms with Gasteiger partial charge >= 0.3 is 0 Å². The monoisotopic (exact) mass is 444 g/mol. The summed E-state index contributed by atoms with van der Waals surface area (Å²) < 4.78 is 15.3. The van der Waals surface area contributed by atoms with E-state index >= 15 is 4.39 Å². The lowest BCUT2D eigenvalue weighted by molar-refractivity contribution is 0.249. The van der Waals surface area contributed by atoms with Crippen LogP contribution in [0.25, 0.3) is 21.9 Å². The lowest BCUT2D eigenvalue weighted by Gasteiger charge is -2.28. The second-order valence-corrected chi connectivity index (χ2v) is 10.5. The van der Waals surface area contributed by atoms with Gasteiger partial charge in [-0.05, 0) is 48.1 Å². The highest BCUT2D eigenvalue weighted by atomic mass is 19.1. The molecule has 0 atom stereocenters. The molecule has 1 aliphatic carbocycles. The number of benzene rings is 3. The van der Waals surface area contributed by atoms with Gasteiger partial charge in [0.05, 0.1) is 0 Å². The van der Waals surface area contributed by atoms with Gasteiger partial charge in [-0.15, -0.1) is 0 Å². The van der Waals surface area contributed by atoms with Crippen molar-refractivity contribution in [3.63, 3.8) is 0 Å². The molecule has 0 spiro atoms. The molecule has 4 rings (SSSR count). The molecule has 0 heterocycles. The fourth-order valence-corrected chi connectivity index (χ4v) is 5.67. The molecular weight excluding hydrogens is 403 g/mol. The number of unbranched alkanes of at least 4 members (excludes halogenated alkanes) is 4. The molecule has 0 saturated heterocycles. The van der Waals surface area contributed by atoms with Crippen LogP contribution >= 0.6 is 0 Å². The number of rotatable bonds is 10. The van der Waals surface area contributed by atoms with Crippen LogP contribution in [0.5, 0.6) is 0 Å². The van der Waals surface area contributed by atoms with E-state index in [1.54, 1.807) is 0 Å². The highest BCUT2D eigenvalue weighted by molar-refractivity contribution is 5.88. The van der Waals surface area contributed by atoms with Crippen molar-refractivity contribution in [2.75, 3.05) is 0 Å². The van der Waals surface area contributed by atoms with Crippen LogP contribution in [0, 0.1) is 24.6 Å². The highest BCUT2D eigenvalue weighted by Gasteiger charge is 2.20. The van der Waals surface area contributed by atoms with E-state index < -0.39 is 0 Å². The van der Waals surface area contributed by atoms with Crippen LogP contribution in [0.15, 0.2) is 54.6 Å². The minimum atomic E-state index is -0.101. The van der Waals surface area contributed by atoms with E-state index in [4.69, 9.17) is 0 Å². The lowest BCUT2D eigenvalue weighted by atomic mass is 9.77. The third-order valence-corrected chi connectivity index (χ3v) is 7.90. The number of hydrogen-bond acceptors (Lipinski definition) is 0. The van der Waals surface area contributed by atoms with E-state index in [0.717, 1.165) is 34.6 Å². The Morgan fingerprint density at radius 2 is 1.45 bits per heavy atom. The molecular formula is C32H41F. The summed E-state index contributed by atoms with van der Waals surface area (Å²) in [5, 5.41) is 1.75. The number of fused-ring (bicyclic) bond motifs is 1. The zero-order valence-electron chi connectivity index (χ0n) is 20.7. The van der Waals surface area contributed by atoms with Crippen molar-refractivity contribution in [2.45, 2.75) is 90.9 Å². The van der Waals surface area contributed by atoms with Gasteiger partial charge in [0.2, 0.25) is 0 Å². The second kappa shape index (κ2) is 11.8. The van der Waals surface area contributed by atoms with Crippen molar-refractivity contribution in [3.8, 4) is 11.1 Å². The topological polar surface area (TPSA) is 0 Å². The van der Waals surface area contributed by atoms with Crippen LogP contribution in [0.2, 0.25) is 0 Å². The SMILES string of the molecule is CCCCCCCC1CCC(CCc2ccc3c(F)c(-c4ccc(C)cc4)ccc3c2)CC1. The predicted octanol–water partition coefficient (Wildman–Crippen LogP) is 10.1. The molecule has 3 aromatic carbocycles. The summed E-state index contributed by atoms with van der Waals surface area (Å²) in [7, 11) is 0. The molecule has 1 saturated carbocycles. The molecule has 0 nitrogen and oxygen atoms in total. The normalized spacial score (nSPS) is 18.6. The maximum Gasteiger partial charge on any atom is 0.138 e. The Labute approximate surface area is 200 Å². The molecule has 0 bridgehead atoms. The van der Waals surface area contributed by atoms with Crippen LogP contribution in [0.4, 0.5) is 4.39 Å². The van der Waals surface area contributed by atoms with Gasteiger partial charge in [-0.1, -0.05) is 131 Å². The van der Waals surface area contributed by atoms with E-state index in [1.165, 1.54) is 81.8 Å². The molecule has 1 heteroatoms. The molecule has 1 aliphatic rings. The average Bonchev–Trinajstić information content (AvgIpc) is 2.84. The summed E-state index contributed by atoms with van der Waals surface area (Å²) in [6, 6.07) is 18.5. The average molecular weight is 445 g/mol. The van der Waals surface area contributed by atoms with Gasteiger partial charge in [-0.25, -0.2) is 4.39 Å². The van der Waals surface area contributed by atoms with Crippen molar-refractivity contribution in [3.05, 3.63) is 71.5 Å². The van der Waals surface area contributed by atoms with E-state index in [2.05, 4.69) is 32.0 Å².